The summed E-state index contributed by atoms with van der Waals surface area (Å²) in [6.45, 7) is 8.15. The van der Waals surface area contributed by atoms with Crippen molar-refractivity contribution in [2.75, 3.05) is 14.1 Å². The summed E-state index contributed by atoms with van der Waals surface area (Å²) in [6, 6.07) is 12.3. The Morgan fingerprint density at radius 2 is 1.81 bits per heavy atom. The minimum Gasteiger partial charge on any atom is -0.437 e. The van der Waals surface area contributed by atoms with Gasteiger partial charge in [0.1, 0.15) is 28.7 Å². The number of ether oxygens (including phenoxy) is 2. The molecule has 0 fully saturated rings. The van der Waals surface area contributed by atoms with E-state index in [2.05, 4.69) is 40.7 Å². The summed E-state index contributed by atoms with van der Waals surface area (Å²) in [5.41, 5.74) is 8.28. The van der Waals surface area contributed by atoms with E-state index in [-0.39, 0.29) is 29.0 Å². The highest BCUT2D eigenvalue weighted by molar-refractivity contribution is 5.95. The number of aromatic nitrogens is 4. The predicted molar refractivity (Wildman–Crippen MR) is 142 cm³/mol. The van der Waals surface area contributed by atoms with Crippen LogP contribution in [0.1, 0.15) is 55.0 Å². The summed E-state index contributed by atoms with van der Waals surface area (Å²) >= 11 is 0. The van der Waals surface area contributed by atoms with E-state index in [4.69, 9.17) is 20.6 Å². The molecule has 4 aromatic rings. The van der Waals surface area contributed by atoms with Crippen LogP contribution < -0.4 is 15.2 Å². The number of nitrogens with one attached hydrogen (secondary N) is 2. The summed E-state index contributed by atoms with van der Waals surface area (Å²) in [4.78, 5) is 30.7. The summed E-state index contributed by atoms with van der Waals surface area (Å²) in [6.07, 6.45) is 0.660. The number of hydrogen-bond donors (Lipinski definition) is 3. The number of aromatic amines is 1. The highest BCUT2D eigenvalue weighted by Crippen LogP contribution is 2.36. The van der Waals surface area contributed by atoms with Crippen molar-refractivity contribution in [2.45, 2.75) is 39.5 Å². The molecule has 0 atom stereocenters. The number of carbonyl (C=O) groups is 1. The summed E-state index contributed by atoms with van der Waals surface area (Å²) in [5, 5.41) is 7.83. The van der Waals surface area contributed by atoms with Gasteiger partial charge >= 0.3 is 6.01 Å². The normalized spacial score (nSPS) is 11.4. The fourth-order valence-electron chi connectivity index (χ4n) is 3.74. The zero-order valence-electron chi connectivity index (χ0n) is 21.8. The largest absolute Gasteiger partial charge is 0.437 e. The lowest BCUT2D eigenvalue weighted by atomic mass is 9.85. The second-order valence-electron chi connectivity index (χ2n) is 9.85. The first-order valence-corrected chi connectivity index (χ1v) is 11.9. The molecule has 0 aliphatic rings. The first kappa shape index (κ1) is 25.6. The molecule has 2 aromatic heterocycles. The molecule has 10 heteroatoms. The molecule has 0 aliphatic carbocycles. The number of nitrogens with two attached hydrogens (primary N) is 1. The summed E-state index contributed by atoms with van der Waals surface area (Å²) in [7, 11) is 3.38. The number of hydrogen-bond acceptors (Lipinski definition) is 7. The molecular formula is C27H31N7O3. The lowest BCUT2D eigenvalue weighted by Gasteiger charge is -2.22. The number of nitrogens with zero attached hydrogens (tertiary/aromatic N) is 4. The summed E-state index contributed by atoms with van der Waals surface area (Å²) in [5.74, 6) is 1.63. The van der Waals surface area contributed by atoms with E-state index in [9.17, 15) is 4.79 Å². The molecule has 192 valence electrons. The van der Waals surface area contributed by atoms with Gasteiger partial charge < -0.3 is 25.1 Å². The second-order valence-corrected chi connectivity index (χ2v) is 9.85. The van der Waals surface area contributed by atoms with E-state index in [0.717, 1.165) is 11.4 Å². The van der Waals surface area contributed by atoms with Crippen LogP contribution in [0.2, 0.25) is 0 Å². The number of benzene rings is 2. The molecule has 37 heavy (non-hydrogen) atoms. The van der Waals surface area contributed by atoms with Crippen LogP contribution in [0.25, 0.3) is 11.2 Å². The lowest BCUT2D eigenvalue weighted by Crippen LogP contribution is -2.21. The smallest absolute Gasteiger partial charge is 0.327 e. The number of aryl methyl sites for hydroxylation is 1. The van der Waals surface area contributed by atoms with Crippen LogP contribution in [-0.4, -0.2) is 50.7 Å². The van der Waals surface area contributed by atoms with E-state index in [1.54, 1.807) is 50.5 Å². The third-order valence-electron chi connectivity index (χ3n) is 5.68. The fourth-order valence-corrected chi connectivity index (χ4v) is 3.74. The minimum atomic E-state index is -0.255. The lowest BCUT2D eigenvalue weighted by molar-refractivity contribution is 0.0827. The van der Waals surface area contributed by atoms with Gasteiger partial charge in [0.15, 0.2) is 5.65 Å². The second kappa shape index (κ2) is 9.88. The quantitative estimate of drug-likeness (QED) is 0.244. The van der Waals surface area contributed by atoms with E-state index >= 15 is 0 Å². The molecule has 0 radical (unpaired) electrons. The van der Waals surface area contributed by atoms with Crippen LogP contribution in [0.5, 0.6) is 23.4 Å². The maximum absolute atomic E-state index is 12.4. The third kappa shape index (κ3) is 5.53. The van der Waals surface area contributed by atoms with E-state index < -0.39 is 0 Å². The Balaban J connectivity index is 1.79. The number of amidine groups is 1. The number of rotatable bonds is 7. The van der Waals surface area contributed by atoms with Crippen LogP contribution >= 0.6 is 0 Å². The van der Waals surface area contributed by atoms with Crippen LogP contribution in [0.15, 0.2) is 42.5 Å². The molecule has 2 aromatic carbocycles. The Morgan fingerprint density at radius 3 is 2.46 bits per heavy atom. The number of amides is 1. The molecule has 2 heterocycles. The molecule has 0 bridgehead atoms. The average Bonchev–Trinajstić information content (AvgIpc) is 3.26. The fraction of sp³-hybridized carbons (Fsp3) is 0.296. The van der Waals surface area contributed by atoms with E-state index in [1.165, 1.54) is 4.90 Å². The third-order valence-corrected chi connectivity index (χ3v) is 5.68. The van der Waals surface area contributed by atoms with Crippen molar-refractivity contribution in [1.29, 1.82) is 5.41 Å². The maximum Gasteiger partial charge on any atom is 0.327 e. The molecule has 0 saturated heterocycles. The Hall–Kier alpha value is -4.47. The SMILES string of the molecule is CCc1nc2nc(Oc3cc(C(=N)N)ccc3C(C)(C)C)nc(Oc3cccc(C(=O)N(C)C)c3)c2[nH]1. The van der Waals surface area contributed by atoms with Crippen molar-refractivity contribution < 1.29 is 14.3 Å². The molecule has 0 unspecified atom stereocenters. The van der Waals surface area contributed by atoms with Crippen LogP contribution in [0.4, 0.5) is 0 Å². The Morgan fingerprint density at radius 1 is 1.05 bits per heavy atom. The van der Waals surface area contributed by atoms with Crippen molar-refractivity contribution in [2.24, 2.45) is 5.73 Å². The molecule has 4 N–H and O–H groups in total. The zero-order valence-corrected chi connectivity index (χ0v) is 21.8. The van der Waals surface area contributed by atoms with Crippen molar-refractivity contribution in [3.8, 4) is 23.4 Å². The first-order valence-electron chi connectivity index (χ1n) is 11.9. The van der Waals surface area contributed by atoms with Gasteiger partial charge in [0.25, 0.3) is 11.8 Å². The van der Waals surface area contributed by atoms with E-state index in [0.29, 0.717) is 40.2 Å². The van der Waals surface area contributed by atoms with Crippen LogP contribution in [-0.2, 0) is 11.8 Å². The van der Waals surface area contributed by atoms with Gasteiger partial charge in [-0.3, -0.25) is 10.2 Å². The number of fused-ring (bicyclic) bond motifs is 1. The number of imidazole rings is 1. The predicted octanol–water partition coefficient (Wildman–Crippen LogP) is 4.78. The highest BCUT2D eigenvalue weighted by atomic mass is 16.5. The molecule has 0 saturated carbocycles. The molecule has 10 nitrogen and oxygen atoms in total. The molecule has 0 aliphatic heterocycles. The van der Waals surface area contributed by atoms with Crippen molar-refractivity contribution in [1.82, 2.24) is 24.8 Å². The van der Waals surface area contributed by atoms with Gasteiger partial charge in [-0.15, -0.1) is 0 Å². The average molecular weight is 502 g/mol. The Kier molecular flexibility index (Phi) is 6.84. The summed E-state index contributed by atoms with van der Waals surface area (Å²) < 4.78 is 12.3. The Labute approximate surface area is 215 Å². The zero-order chi connectivity index (χ0) is 26.9. The van der Waals surface area contributed by atoms with Crippen molar-refractivity contribution >= 4 is 22.9 Å². The van der Waals surface area contributed by atoms with Crippen LogP contribution in [0, 0.1) is 5.41 Å². The maximum atomic E-state index is 12.4. The van der Waals surface area contributed by atoms with Crippen molar-refractivity contribution in [3.63, 3.8) is 0 Å². The number of H-pyrrole nitrogens is 1. The van der Waals surface area contributed by atoms with Gasteiger partial charge in [0.05, 0.1) is 0 Å². The van der Waals surface area contributed by atoms with Crippen LogP contribution in [0.3, 0.4) is 0 Å². The number of carbonyl (C=O) groups excluding carboxylic acids is 1. The van der Waals surface area contributed by atoms with E-state index in [1.807, 2.05) is 13.0 Å². The molecule has 0 spiro atoms. The highest BCUT2D eigenvalue weighted by Gasteiger charge is 2.23. The van der Waals surface area contributed by atoms with Gasteiger partial charge in [-0.1, -0.05) is 45.9 Å². The van der Waals surface area contributed by atoms with Crippen molar-refractivity contribution in [3.05, 3.63) is 65.0 Å². The number of nitrogen functional groups attached to an aromatic ring is 1. The topological polar surface area (TPSA) is 143 Å². The van der Waals surface area contributed by atoms with Gasteiger partial charge in [-0.25, -0.2) is 4.98 Å². The minimum absolute atomic E-state index is 0.0309. The van der Waals surface area contributed by atoms with Gasteiger partial charge in [0, 0.05) is 37.2 Å². The standard InChI is InChI=1S/C27H31N7O3/c1-7-20-30-21-23(31-20)32-26(37-19-14-15(22(28)29)11-12-18(19)27(2,3)4)33-24(21)36-17-10-8-9-16(13-17)25(35)34(5)6/h8-14H,7H2,1-6H3,(H3,28,29)(H,30,31,32,33). The monoisotopic (exact) mass is 501 g/mol. The first-order chi connectivity index (χ1) is 17.5. The Bertz CT molecular complexity index is 1490. The van der Waals surface area contributed by atoms with Gasteiger partial charge in [0.2, 0.25) is 0 Å². The molecular weight excluding hydrogens is 470 g/mol. The van der Waals surface area contributed by atoms with Gasteiger partial charge in [-0.2, -0.15) is 9.97 Å². The molecule has 1 amide bonds. The molecule has 4 rings (SSSR count). The van der Waals surface area contributed by atoms with Gasteiger partial charge in [-0.05, 0) is 29.7 Å².